The van der Waals surface area contributed by atoms with Crippen molar-refractivity contribution in [2.45, 2.75) is 33.3 Å². The predicted octanol–water partition coefficient (Wildman–Crippen LogP) is 3.43. The molecule has 0 radical (unpaired) electrons. The molecule has 0 saturated carbocycles. The van der Waals surface area contributed by atoms with Crippen molar-refractivity contribution in [1.29, 1.82) is 0 Å². The SMILES string of the molecule is Cc1cc(F)ccc1CC(O)CSCC(C)C. The lowest BCUT2D eigenvalue weighted by Gasteiger charge is -2.13. The van der Waals surface area contributed by atoms with Crippen LogP contribution in [0.2, 0.25) is 0 Å². The first kappa shape index (κ1) is 14.5. The number of hydrogen-bond acceptors (Lipinski definition) is 2. The van der Waals surface area contributed by atoms with Crippen LogP contribution in [0.4, 0.5) is 4.39 Å². The zero-order valence-corrected chi connectivity index (χ0v) is 11.6. The van der Waals surface area contributed by atoms with Gasteiger partial charge in [-0.05, 0) is 48.3 Å². The van der Waals surface area contributed by atoms with E-state index in [1.165, 1.54) is 12.1 Å². The molecule has 0 aromatic heterocycles. The van der Waals surface area contributed by atoms with Crippen LogP contribution in [-0.2, 0) is 6.42 Å². The van der Waals surface area contributed by atoms with E-state index in [0.29, 0.717) is 12.3 Å². The molecule has 1 N–H and O–H groups in total. The lowest BCUT2D eigenvalue weighted by atomic mass is 10.0. The van der Waals surface area contributed by atoms with E-state index in [4.69, 9.17) is 0 Å². The van der Waals surface area contributed by atoms with Gasteiger partial charge >= 0.3 is 0 Å². The number of thioether (sulfide) groups is 1. The molecule has 1 nitrogen and oxygen atoms in total. The van der Waals surface area contributed by atoms with Gasteiger partial charge in [0.1, 0.15) is 5.82 Å². The molecule has 96 valence electrons. The summed E-state index contributed by atoms with van der Waals surface area (Å²) in [4.78, 5) is 0. The Morgan fingerprint density at radius 1 is 1.29 bits per heavy atom. The van der Waals surface area contributed by atoms with E-state index in [1.54, 1.807) is 17.8 Å². The quantitative estimate of drug-likeness (QED) is 0.841. The molecule has 0 saturated heterocycles. The smallest absolute Gasteiger partial charge is 0.123 e. The van der Waals surface area contributed by atoms with Crippen molar-refractivity contribution >= 4 is 11.8 Å². The van der Waals surface area contributed by atoms with Crippen LogP contribution in [0.3, 0.4) is 0 Å². The molecule has 0 aliphatic heterocycles. The molecule has 0 heterocycles. The third-order valence-corrected chi connectivity index (χ3v) is 4.04. The zero-order chi connectivity index (χ0) is 12.8. The Hall–Kier alpha value is -0.540. The summed E-state index contributed by atoms with van der Waals surface area (Å²) >= 11 is 1.77. The lowest BCUT2D eigenvalue weighted by Crippen LogP contribution is -2.15. The van der Waals surface area contributed by atoms with Crippen molar-refractivity contribution in [2.24, 2.45) is 5.92 Å². The van der Waals surface area contributed by atoms with E-state index in [1.807, 2.05) is 6.92 Å². The summed E-state index contributed by atoms with van der Waals surface area (Å²) < 4.78 is 12.9. The van der Waals surface area contributed by atoms with Crippen molar-refractivity contribution in [1.82, 2.24) is 0 Å². The summed E-state index contributed by atoms with van der Waals surface area (Å²) in [5.74, 6) is 2.25. The Morgan fingerprint density at radius 3 is 2.59 bits per heavy atom. The topological polar surface area (TPSA) is 20.2 Å². The number of halogens is 1. The van der Waals surface area contributed by atoms with Gasteiger partial charge in [0.15, 0.2) is 0 Å². The van der Waals surface area contributed by atoms with Gasteiger partial charge in [-0.1, -0.05) is 19.9 Å². The van der Waals surface area contributed by atoms with Gasteiger partial charge in [0.2, 0.25) is 0 Å². The molecular weight excluding hydrogens is 235 g/mol. The fourth-order valence-corrected chi connectivity index (χ4v) is 2.64. The van der Waals surface area contributed by atoms with E-state index in [9.17, 15) is 9.50 Å². The molecule has 1 unspecified atom stereocenters. The van der Waals surface area contributed by atoms with Crippen LogP contribution >= 0.6 is 11.8 Å². The normalized spacial score (nSPS) is 13.1. The molecule has 0 aliphatic carbocycles. The van der Waals surface area contributed by atoms with Gasteiger partial charge in [-0.15, -0.1) is 0 Å². The Bertz CT molecular complexity index is 352. The van der Waals surface area contributed by atoms with Gasteiger partial charge in [-0.25, -0.2) is 4.39 Å². The molecule has 1 aromatic carbocycles. The fraction of sp³-hybridized carbons (Fsp3) is 0.571. The maximum Gasteiger partial charge on any atom is 0.123 e. The Morgan fingerprint density at radius 2 is 2.00 bits per heavy atom. The second-order valence-corrected chi connectivity index (χ2v) is 5.93. The molecule has 17 heavy (non-hydrogen) atoms. The fourth-order valence-electron chi connectivity index (χ4n) is 1.64. The van der Waals surface area contributed by atoms with Crippen molar-refractivity contribution in [3.63, 3.8) is 0 Å². The summed E-state index contributed by atoms with van der Waals surface area (Å²) in [6, 6.07) is 4.74. The number of aryl methyl sites for hydroxylation is 1. The summed E-state index contributed by atoms with van der Waals surface area (Å²) in [6.07, 6.45) is 0.264. The molecule has 0 fully saturated rings. The number of benzene rings is 1. The van der Waals surface area contributed by atoms with Gasteiger partial charge in [-0.3, -0.25) is 0 Å². The molecule has 3 heteroatoms. The van der Waals surface area contributed by atoms with E-state index >= 15 is 0 Å². The average molecular weight is 256 g/mol. The van der Waals surface area contributed by atoms with Gasteiger partial charge in [0, 0.05) is 5.75 Å². The number of aliphatic hydroxyl groups is 1. The van der Waals surface area contributed by atoms with Crippen molar-refractivity contribution in [2.75, 3.05) is 11.5 Å². The predicted molar refractivity (Wildman–Crippen MR) is 73.0 cm³/mol. The molecular formula is C14H21FOS. The van der Waals surface area contributed by atoms with Crippen LogP contribution in [0.25, 0.3) is 0 Å². The Labute approximate surface area is 107 Å². The third-order valence-electron chi connectivity index (χ3n) is 2.52. The molecule has 0 spiro atoms. The minimum Gasteiger partial charge on any atom is -0.392 e. The summed E-state index contributed by atoms with van der Waals surface area (Å²) in [5.41, 5.74) is 1.95. The Balaban J connectivity index is 2.42. The van der Waals surface area contributed by atoms with E-state index in [0.717, 1.165) is 22.6 Å². The highest BCUT2D eigenvalue weighted by Gasteiger charge is 2.08. The van der Waals surface area contributed by atoms with E-state index < -0.39 is 0 Å². The maximum atomic E-state index is 12.9. The molecule has 1 atom stereocenters. The second-order valence-electron chi connectivity index (χ2n) is 4.86. The third kappa shape index (κ3) is 5.55. The lowest BCUT2D eigenvalue weighted by molar-refractivity contribution is 0.200. The highest BCUT2D eigenvalue weighted by molar-refractivity contribution is 7.99. The van der Waals surface area contributed by atoms with E-state index in [2.05, 4.69) is 13.8 Å². The van der Waals surface area contributed by atoms with Crippen molar-refractivity contribution in [3.05, 3.63) is 35.1 Å². The molecule has 1 aromatic rings. The van der Waals surface area contributed by atoms with Crippen molar-refractivity contribution in [3.8, 4) is 0 Å². The number of aliphatic hydroxyl groups excluding tert-OH is 1. The summed E-state index contributed by atoms with van der Waals surface area (Å²) in [5, 5.41) is 9.89. The zero-order valence-electron chi connectivity index (χ0n) is 10.7. The molecule has 0 aliphatic rings. The van der Waals surface area contributed by atoms with Gasteiger partial charge in [0.05, 0.1) is 6.10 Å². The van der Waals surface area contributed by atoms with Crippen LogP contribution in [0.15, 0.2) is 18.2 Å². The van der Waals surface area contributed by atoms with Crippen molar-refractivity contribution < 1.29 is 9.50 Å². The minimum atomic E-state index is -0.345. The van der Waals surface area contributed by atoms with Gasteiger partial charge < -0.3 is 5.11 Å². The molecule has 0 amide bonds. The second kappa shape index (κ2) is 7.02. The highest BCUT2D eigenvalue weighted by atomic mass is 32.2. The van der Waals surface area contributed by atoms with Crippen LogP contribution in [0.1, 0.15) is 25.0 Å². The number of rotatable bonds is 6. The largest absolute Gasteiger partial charge is 0.392 e. The van der Waals surface area contributed by atoms with Gasteiger partial charge in [-0.2, -0.15) is 11.8 Å². The first-order valence-electron chi connectivity index (χ1n) is 6.00. The first-order valence-corrected chi connectivity index (χ1v) is 7.15. The summed E-state index contributed by atoms with van der Waals surface area (Å²) in [7, 11) is 0. The Kier molecular flexibility index (Phi) is 6.00. The average Bonchev–Trinajstić information content (AvgIpc) is 2.21. The van der Waals surface area contributed by atoms with Gasteiger partial charge in [0.25, 0.3) is 0 Å². The summed E-state index contributed by atoms with van der Waals surface area (Å²) in [6.45, 7) is 6.22. The standard InChI is InChI=1S/C14H21FOS/c1-10(2)8-17-9-14(16)7-12-4-5-13(15)6-11(12)3/h4-6,10,14,16H,7-9H2,1-3H3. The first-order chi connectivity index (χ1) is 7.99. The van der Waals surface area contributed by atoms with Crippen LogP contribution in [0.5, 0.6) is 0 Å². The highest BCUT2D eigenvalue weighted by Crippen LogP contribution is 2.15. The van der Waals surface area contributed by atoms with Crippen LogP contribution in [-0.4, -0.2) is 22.7 Å². The molecule has 0 bridgehead atoms. The van der Waals surface area contributed by atoms with Crippen LogP contribution < -0.4 is 0 Å². The maximum absolute atomic E-state index is 12.9. The molecule has 1 rings (SSSR count). The number of hydrogen-bond donors (Lipinski definition) is 1. The monoisotopic (exact) mass is 256 g/mol. The minimum absolute atomic E-state index is 0.213. The van der Waals surface area contributed by atoms with E-state index in [-0.39, 0.29) is 11.9 Å². The van der Waals surface area contributed by atoms with Crippen LogP contribution in [0, 0.1) is 18.7 Å².